The molecule has 2 heterocycles. The van der Waals surface area contributed by atoms with E-state index in [1.807, 2.05) is 0 Å². The van der Waals surface area contributed by atoms with Gasteiger partial charge in [0.25, 0.3) is 5.91 Å². The van der Waals surface area contributed by atoms with Crippen molar-refractivity contribution in [1.29, 1.82) is 0 Å². The number of hydrogen-bond acceptors (Lipinski definition) is 4. The van der Waals surface area contributed by atoms with Gasteiger partial charge in [0.1, 0.15) is 0 Å². The first kappa shape index (κ1) is 11.7. The van der Waals surface area contributed by atoms with Crippen LogP contribution in [0.4, 0.5) is 4.79 Å². The minimum absolute atomic E-state index is 0.0780. The zero-order chi connectivity index (χ0) is 13.1. The van der Waals surface area contributed by atoms with Crippen molar-refractivity contribution in [2.75, 3.05) is 5.75 Å². The first-order valence-corrected chi connectivity index (χ1v) is 7.46. The van der Waals surface area contributed by atoms with Gasteiger partial charge in [0.2, 0.25) is 0 Å². The second-order valence-corrected chi connectivity index (χ2v) is 7.09. The number of nitrogens with one attached hydrogen (secondary N) is 2. The van der Waals surface area contributed by atoms with Crippen molar-refractivity contribution in [1.82, 2.24) is 10.6 Å². The Bertz CT molecular complexity index is 700. The summed E-state index contributed by atoms with van der Waals surface area (Å²) in [6, 6.07) is 3.94. The van der Waals surface area contributed by atoms with E-state index in [0.717, 1.165) is 0 Å². The van der Waals surface area contributed by atoms with Gasteiger partial charge in [-0.3, -0.25) is 10.1 Å². The number of fused-ring (bicyclic) bond motifs is 2. The topological polar surface area (TPSA) is 92.3 Å². The van der Waals surface area contributed by atoms with Crippen LogP contribution in [0.2, 0.25) is 0 Å². The first-order valence-electron chi connectivity index (χ1n) is 5.01. The number of sulfone groups is 1. The summed E-state index contributed by atoms with van der Waals surface area (Å²) in [7, 11) is -3.58. The molecule has 1 aromatic rings. The Labute approximate surface area is 111 Å². The molecule has 8 heteroatoms. The van der Waals surface area contributed by atoms with E-state index < -0.39 is 33.1 Å². The fourth-order valence-electron chi connectivity index (χ4n) is 2.33. The van der Waals surface area contributed by atoms with Gasteiger partial charge in [0, 0.05) is 10.0 Å². The maximum Gasteiger partial charge on any atom is 0.322 e. The van der Waals surface area contributed by atoms with Gasteiger partial charge in [-0.1, -0.05) is 22.0 Å². The molecule has 1 unspecified atom stereocenters. The Morgan fingerprint density at radius 3 is 2.61 bits per heavy atom. The fourth-order valence-corrected chi connectivity index (χ4v) is 4.81. The molecule has 1 aromatic carbocycles. The third kappa shape index (κ3) is 1.36. The van der Waals surface area contributed by atoms with Crippen molar-refractivity contribution in [3.8, 4) is 0 Å². The lowest BCUT2D eigenvalue weighted by Crippen LogP contribution is -2.45. The Hall–Kier alpha value is -1.41. The molecule has 0 aliphatic carbocycles. The Balaban J connectivity index is 2.31. The molecule has 0 bridgehead atoms. The monoisotopic (exact) mass is 330 g/mol. The van der Waals surface area contributed by atoms with Crippen molar-refractivity contribution in [3.05, 3.63) is 28.2 Å². The molecule has 1 atom stereocenters. The van der Waals surface area contributed by atoms with Crippen LogP contribution in [0.3, 0.4) is 0 Å². The average Bonchev–Trinajstić information content (AvgIpc) is 2.64. The maximum atomic E-state index is 12.1. The van der Waals surface area contributed by atoms with Gasteiger partial charge >= 0.3 is 6.03 Å². The van der Waals surface area contributed by atoms with E-state index >= 15 is 0 Å². The molecule has 2 aliphatic heterocycles. The van der Waals surface area contributed by atoms with Gasteiger partial charge in [-0.25, -0.2) is 13.2 Å². The summed E-state index contributed by atoms with van der Waals surface area (Å²) < 4.78 is 24.7. The molecule has 0 aromatic heterocycles. The van der Waals surface area contributed by atoms with Crippen LogP contribution < -0.4 is 10.6 Å². The summed E-state index contributed by atoms with van der Waals surface area (Å²) in [5.74, 6) is -1.07. The van der Waals surface area contributed by atoms with E-state index in [2.05, 4.69) is 26.6 Å². The van der Waals surface area contributed by atoms with Crippen LogP contribution >= 0.6 is 15.9 Å². The van der Waals surface area contributed by atoms with Crippen LogP contribution in [-0.4, -0.2) is 26.1 Å². The van der Waals surface area contributed by atoms with Crippen molar-refractivity contribution in [2.45, 2.75) is 10.4 Å². The molecule has 0 saturated carbocycles. The highest BCUT2D eigenvalue weighted by molar-refractivity contribution is 9.10. The molecule has 1 spiro atoms. The van der Waals surface area contributed by atoms with Crippen LogP contribution in [0.15, 0.2) is 27.6 Å². The third-order valence-electron chi connectivity index (χ3n) is 3.09. The van der Waals surface area contributed by atoms with E-state index in [4.69, 9.17) is 0 Å². The van der Waals surface area contributed by atoms with Crippen LogP contribution in [0.25, 0.3) is 0 Å². The second kappa shape index (κ2) is 3.33. The molecule has 6 nitrogen and oxygen atoms in total. The van der Waals surface area contributed by atoms with Crippen LogP contribution in [-0.2, 0) is 20.2 Å². The fraction of sp³-hybridized carbons (Fsp3) is 0.200. The molecule has 3 rings (SSSR count). The third-order valence-corrected chi connectivity index (χ3v) is 5.40. The van der Waals surface area contributed by atoms with Gasteiger partial charge in [-0.05, 0) is 12.1 Å². The normalized spacial score (nSPS) is 28.1. The highest BCUT2D eigenvalue weighted by Gasteiger charge is 2.57. The van der Waals surface area contributed by atoms with Crippen molar-refractivity contribution in [2.24, 2.45) is 0 Å². The number of rotatable bonds is 0. The summed E-state index contributed by atoms with van der Waals surface area (Å²) in [5.41, 5.74) is -1.17. The largest absolute Gasteiger partial charge is 0.322 e. The van der Waals surface area contributed by atoms with Gasteiger partial charge in [0.15, 0.2) is 15.4 Å². The average molecular weight is 331 g/mol. The van der Waals surface area contributed by atoms with Crippen molar-refractivity contribution in [3.63, 3.8) is 0 Å². The van der Waals surface area contributed by atoms with Crippen LogP contribution in [0, 0.1) is 0 Å². The number of urea groups is 1. The van der Waals surface area contributed by atoms with E-state index in [1.165, 1.54) is 12.1 Å². The highest BCUT2D eigenvalue weighted by Crippen LogP contribution is 2.41. The smallest absolute Gasteiger partial charge is 0.318 e. The molecule has 1 fully saturated rings. The lowest BCUT2D eigenvalue weighted by Gasteiger charge is -2.19. The van der Waals surface area contributed by atoms with Crippen molar-refractivity contribution < 1.29 is 18.0 Å². The molecular weight excluding hydrogens is 324 g/mol. The van der Waals surface area contributed by atoms with Crippen LogP contribution in [0.1, 0.15) is 5.56 Å². The molecule has 18 heavy (non-hydrogen) atoms. The molecular formula is C10H7BrN2O4S. The Morgan fingerprint density at radius 2 is 2.00 bits per heavy atom. The minimum Gasteiger partial charge on any atom is -0.318 e. The number of carbonyl (C=O) groups excluding carboxylic acids is 2. The van der Waals surface area contributed by atoms with E-state index in [0.29, 0.717) is 10.0 Å². The molecule has 2 aliphatic rings. The molecule has 2 N–H and O–H groups in total. The summed E-state index contributed by atoms with van der Waals surface area (Å²) in [4.78, 5) is 23.2. The Kier molecular flexibility index (Phi) is 2.16. The predicted octanol–water partition coefficient (Wildman–Crippen LogP) is 0.271. The van der Waals surface area contributed by atoms with Crippen molar-refractivity contribution >= 4 is 37.7 Å². The summed E-state index contributed by atoms with van der Waals surface area (Å²) in [5, 5.41) is 4.49. The van der Waals surface area contributed by atoms with Gasteiger partial charge in [0.05, 0.1) is 10.6 Å². The van der Waals surface area contributed by atoms with E-state index in [1.54, 1.807) is 6.07 Å². The summed E-state index contributed by atoms with van der Waals surface area (Å²) in [6.45, 7) is 0. The molecule has 1 saturated heterocycles. The number of carbonyl (C=O) groups is 2. The van der Waals surface area contributed by atoms with E-state index in [-0.39, 0.29) is 4.90 Å². The first-order chi connectivity index (χ1) is 8.35. The van der Waals surface area contributed by atoms with Gasteiger partial charge < -0.3 is 5.32 Å². The molecule has 94 valence electrons. The SMILES string of the molecule is O=C1NC(=O)C2(CS(=O)(=O)c3cc(Br)ccc32)N1. The lowest BCUT2D eigenvalue weighted by atomic mass is 9.92. The molecule has 3 amide bonds. The lowest BCUT2D eigenvalue weighted by molar-refractivity contribution is -0.123. The zero-order valence-electron chi connectivity index (χ0n) is 8.86. The maximum absolute atomic E-state index is 12.1. The van der Waals surface area contributed by atoms with Gasteiger partial charge in [-0.2, -0.15) is 0 Å². The summed E-state index contributed by atoms with van der Waals surface area (Å²) in [6.07, 6.45) is 0. The predicted molar refractivity (Wildman–Crippen MR) is 64.5 cm³/mol. The minimum atomic E-state index is -3.58. The molecule has 0 radical (unpaired) electrons. The number of benzene rings is 1. The van der Waals surface area contributed by atoms with E-state index in [9.17, 15) is 18.0 Å². The highest BCUT2D eigenvalue weighted by atomic mass is 79.9. The van der Waals surface area contributed by atoms with Crippen LogP contribution in [0.5, 0.6) is 0 Å². The number of halogens is 1. The number of imide groups is 1. The number of hydrogen-bond donors (Lipinski definition) is 2. The van der Waals surface area contributed by atoms with Gasteiger partial charge in [-0.15, -0.1) is 0 Å². The summed E-state index contributed by atoms with van der Waals surface area (Å²) >= 11 is 3.19. The Morgan fingerprint density at radius 1 is 1.28 bits per heavy atom. The second-order valence-electron chi connectivity index (χ2n) is 4.21. The number of amides is 3. The quantitative estimate of drug-likeness (QED) is 0.668. The standard InChI is InChI=1S/C10H7BrN2O4S/c11-5-1-2-6-7(3-5)18(16,17)4-10(6)8(14)12-9(15)13-10/h1-3H,4H2,(H2,12,13,14,15). The zero-order valence-corrected chi connectivity index (χ0v) is 11.3.